The molecule has 0 aromatic rings. The quantitative estimate of drug-likeness (QED) is 0.399. The molecule has 0 aliphatic rings. The summed E-state index contributed by atoms with van der Waals surface area (Å²) in [5, 5.41) is 6.72. The van der Waals surface area contributed by atoms with Crippen LogP contribution in [0.4, 0.5) is 8.96 Å². The van der Waals surface area contributed by atoms with Gasteiger partial charge >= 0.3 is 5.97 Å². The Bertz CT molecular complexity index is 139. The van der Waals surface area contributed by atoms with Gasteiger partial charge in [-0.1, -0.05) is 20.6 Å². The molecular formula is C4H6ClF2NO2. The van der Waals surface area contributed by atoms with E-state index in [0.717, 1.165) is 6.92 Å². The zero-order chi connectivity index (χ0) is 8.36. The molecule has 1 unspecified atom stereocenters. The maximum atomic E-state index is 11.6. The van der Waals surface area contributed by atoms with E-state index in [2.05, 4.69) is 0 Å². The second-order valence-electron chi connectivity index (χ2n) is 1.95. The van der Waals surface area contributed by atoms with Gasteiger partial charge in [-0.15, -0.1) is 0 Å². The third-order valence-corrected chi connectivity index (χ3v) is 1.09. The zero-order valence-corrected chi connectivity index (χ0v) is 5.90. The van der Waals surface area contributed by atoms with E-state index < -0.39 is 22.7 Å². The lowest BCUT2D eigenvalue weighted by atomic mass is 10.2. The summed E-state index contributed by atoms with van der Waals surface area (Å²) >= 11 is 5.06. The lowest BCUT2D eigenvalue weighted by molar-refractivity contribution is -0.203. The van der Waals surface area contributed by atoms with E-state index >= 15 is 0 Å². The van der Waals surface area contributed by atoms with E-state index in [4.69, 9.17) is 16.7 Å². The van der Waals surface area contributed by atoms with E-state index in [1.165, 1.54) is 0 Å². The summed E-state index contributed by atoms with van der Waals surface area (Å²) in [5.41, 5.74) is 0. The molecule has 10 heavy (non-hydrogen) atoms. The number of carbonyl (C=O) groups is 1. The highest BCUT2D eigenvalue weighted by Gasteiger charge is 2.33. The smallest absolute Gasteiger partial charge is 0.306 e. The lowest BCUT2D eigenvalue weighted by Crippen LogP contribution is -2.32. The van der Waals surface area contributed by atoms with Gasteiger partial charge < -0.3 is 5.11 Å². The molecule has 0 bridgehead atoms. The van der Waals surface area contributed by atoms with Crippen LogP contribution in [0.2, 0.25) is 0 Å². The van der Waals surface area contributed by atoms with Crippen LogP contribution in [-0.4, -0.2) is 21.4 Å². The van der Waals surface area contributed by atoms with Gasteiger partial charge in [-0.05, 0) is 6.92 Å². The molecule has 6 heteroatoms. The van der Waals surface area contributed by atoms with Gasteiger partial charge in [0.05, 0.1) is 6.42 Å². The van der Waals surface area contributed by atoms with Crippen molar-refractivity contribution in [1.29, 1.82) is 0 Å². The van der Waals surface area contributed by atoms with Gasteiger partial charge in [-0.2, -0.15) is 0 Å². The maximum absolute atomic E-state index is 11.6. The van der Waals surface area contributed by atoms with Crippen molar-refractivity contribution in [1.82, 2.24) is 5.34 Å². The third kappa shape index (κ3) is 2.93. The summed E-state index contributed by atoms with van der Waals surface area (Å²) in [4.78, 5) is 7.77. The van der Waals surface area contributed by atoms with Gasteiger partial charge in [0.15, 0.2) is 5.00 Å². The molecule has 0 rings (SSSR count). The summed E-state index contributed by atoms with van der Waals surface area (Å²) in [7, 11) is 0. The standard InChI is InChI=1S/C4H6ClF2NO2/c1-4(5,8(6)7)2-3(9)10/h2H2,1H3,(H,9,10). The van der Waals surface area contributed by atoms with E-state index in [-0.39, 0.29) is 0 Å². The van der Waals surface area contributed by atoms with Crippen LogP contribution in [0.1, 0.15) is 13.3 Å². The van der Waals surface area contributed by atoms with Crippen molar-refractivity contribution in [3.63, 3.8) is 0 Å². The molecule has 0 radical (unpaired) electrons. The highest BCUT2D eigenvalue weighted by atomic mass is 35.5. The molecular weight excluding hydrogens is 167 g/mol. The van der Waals surface area contributed by atoms with Gasteiger partial charge in [-0.3, -0.25) is 4.79 Å². The predicted molar refractivity (Wildman–Crippen MR) is 30.6 cm³/mol. The summed E-state index contributed by atoms with van der Waals surface area (Å²) in [6.07, 6.45) is -0.804. The van der Waals surface area contributed by atoms with E-state index in [1.54, 1.807) is 0 Å². The van der Waals surface area contributed by atoms with Crippen molar-refractivity contribution in [3.8, 4) is 0 Å². The van der Waals surface area contributed by atoms with Crippen molar-refractivity contribution in [3.05, 3.63) is 0 Å². The van der Waals surface area contributed by atoms with E-state index in [1.807, 2.05) is 0 Å². The van der Waals surface area contributed by atoms with Crippen LogP contribution in [0.3, 0.4) is 0 Å². The molecule has 1 N–H and O–H groups in total. The average molecular weight is 174 g/mol. The molecule has 0 amide bonds. The molecule has 0 aromatic carbocycles. The number of rotatable bonds is 3. The van der Waals surface area contributed by atoms with Crippen LogP contribution in [0, 0.1) is 0 Å². The van der Waals surface area contributed by atoms with Gasteiger partial charge in [0, 0.05) is 5.34 Å². The average Bonchev–Trinajstić information content (AvgIpc) is 1.60. The Labute approximate surface area is 61.1 Å². The van der Waals surface area contributed by atoms with Gasteiger partial charge in [-0.25, -0.2) is 0 Å². The predicted octanol–water partition coefficient (Wildman–Crippen LogP) is 1.49. The molecule has 0 saturated carbocycles. The van der Waals surface area contributed by atoms with Crippen LogP contribution >= 0.6 is 11.6 Å². The van der Waals surface area contributed by atoms with Crippen molar-refractivity contribution >= 4 is 17.6 Å². The number of hydrogen-bond donors (Lipinski definition) is 1. The Hall–Kier alpha value is -0.420. The number of halogens is 3. The van der Waals surface area contributed by atoms with Crippen LogP contribution in [0.5, 0.6) is 0 Å². The maximum Gasteiger partial charge on any atom is 0.306 e. The number of carboxylic acid groups (broad SMARTS) is 1. The first-order chi connectivity index (χ1) is 4.36. The summed E-state index contributed by atoms with van der Waals surface area (Å²) < 4.78 is 23.2. The molecule has 0 saturated heterocycles. The second kappa shape index (κ2) is 3.12. The third-order valence-electron chi connectivity index (χ3n) is 0.826. The van der Waals surface area contributed by atoms with Crippen molar-refractivity contribution in [2.45, 2.75) is 18.3 Å². The second-order valence-corrected chi connectivity index (χ2v) is 2.76. The first-order valence-electron chi connectivity index (χ1n) is 2.39. The Balaban J connectivity index is 3.99. The molecule has 60 valence electrons. The zero-order valence-electron chi connectivity index (χ0n) is 5.14. The minimum absolute atomic E-state index is 0.804. The number of alkyl halides is 1. The van der Waals surface area contributed by atoms with Crippen molar-refractivity contribution in [2.75, 3.05) is 0 Å². The van der Waals surface area contributed by atoms with Crippen molar-refractivity contribution < 1.29 is 18.9 Å². The first kappa shape index (κ1) is 9.58. The Morgan fingerprint density at radius 2 is 2.20 bits per heavy atom. The van der Waals surface area contributed by atoms with Gasteiger partial charge in [0.1, 0.15) is 0 Å². The summed E-state index contributed by atoms with van der Waals surface area (Å²) in [5.74, 6) is -1.36. The summed E-state index contributed by atoms with van der Waals surface area (Å²) in [6.45, 7) is 0.919. The van der Waals surface area contributed by atoms with Crippen LogP contribution in [0.25, 0.3) is 0 Å². The Morgan fingerprint density at radius 1 is 1.80 bits per heavy atom. The minimum atomic E-state index is -2.11. The normalized spacial score (nSPS) is 16.9. The number of hydrogen-bond acceptors (Lipinski definition) is 2. The topological polar surface area (TPSA) is 40.5 Å². The van der Waals surface area contributed by atoms with Crippen LogP contribution in [0.15, 0.2) is 0 Å². The van der Waals surface area contributed by atoms with Crippen LogP contribution < -0.4 is 0 Å². The molecule has 3 nitrogen and oxygen atoms in total. The van der Waals surface area contributed by atoms with Crippen molar-refractivity contribution in [2.24, 2.45) is 0 Å². The lowest BCUT2D eigenvalue weighted by Gasteiger charge is -2.18. The highest BCUT2D eigenvalue weighted by molar-refractivity contribution is 6.24. The molecule has 0 fully saturated rings. The molecule has 0 aromatic heterocycles. The number of aliphatic carboxylic acids is 1. The fourth-order valence-corrected chi connectivity index (χ4v) is 0.450. The fourth-order valence-electron chi connectivity index (χ4n) is 0.336. The SMILES string of the molecule is CC(Cl)(CC(=O)O)N(F)F. The first-order valence-corrected chi connectivity index (χ1v) is 2.76. The molecule has 0 aliphatic heterocycles. The van der Waals surface area contributed by atoms with E-state index in [9.17, 15) is 13.8 Å². The monoisotopic (exact) mass is 173 g/mol. The highest BCUT2D eigenvalue weighted by Crippen LogP contribution is 2.24. The van der Waals surface area contributed by atoms with Crippen LogP contribution in [-0.2, 0) is 4.79 Å². The fraction of sp³-hybridized carbons (Fsp3) is 0.750. The number of carboxylic acids is 1. The Morgan fingerprint density at radius 3 is 2.30 bits per heavy atom. The van der Waals surface area contributed by atoms with E-state index in [0.29, 0.717) is 0 Å². The minimum Gasteiger partial charge on any atom is -0.481 e. The Kier molecular flexibility index (Phi) is 2.98. The molecule has 1 atom stereocenters. The molecule has 0 heterocycles. The van der Waals surface area contributed by atoms with Gasteiger partial charge in [0.2, 0.25) is 0 Å². The number of nitrogens with zero attached hydrogens (tertiary/aromatic N) is 1. The molecule has 0 aliphatic carbocycles. The van der Waals surface area contributed by atoms with Gasteiger partial charge in [0.25, 0.3) is 0 Å². The summed E-state index contributed by atoms with van der Waals surface area (Å²) in [6, 6.07) is 0. The molecule has 0 spiro atoms. The largest absolute Gasteiger partial charge is 0.481 e.